The quantitative estimate of drug-likeness (QED) is 0.174. The molecule has 0 fully saturated rings. The van der Waals surface area contributed by atoms with Crippen LogP contribution >= 0.6 is 22.7 Å². The van der Waals surface area contributed by atoms with Gasteiger partial charge in [-0.25, -0.2) is 0 Å². The maximum atomic E-state index is 2.43. The van der Waals surface area contributed by atoms with E-state index in [-0.39, 0.29) is 0 Å². The number of anilines is 6. The zero-order valence-corrected chi connectivity index (χ0v) is 28.2. The molecule has 1 aliphatic rings. The second-order valence-electron chi connectivity index (χ2n) is 11.9. The van der Waals surface area contributed by atoms with Gasteiger partial charge >= 0.3 is 0 Å². The van der Waals surface area contributed by atoms with Crippen LogP contribution < -0.4 is 15.1 Å². The Bertz CT molecular complexity index is 2090. The molecule has 0 radical (unpaired) electrons. The lowest BCUT2D eigenvalue weighted by Crippen LogP contribution is -2.68. The molecule has 0 amide bonds. The first-order chi connectivity index (χ1) is 24.3. The SMILES string of the molecule is c1ccc(-c2c(N(c3ccccc3)c3ccccc3)sc3c2-c2c(sc(N(c4ccccc4)c4ccccc4)c2-c2ccccc2)[NH2+]3)cc1. The highest BCUT2D eigenvalue weighted by molar-refractivity contribution is 7.23. The monoisotopic (exact) mass is 666 g/mol. The highest BCUT2D eigenvalue weighted by Crippen LogP contribution is 2.62. The molecule has 0 saturated heterocycles. The number of para-hydroxylation sites is 4. The number of hydrogen-bond donors (Lipinski definition) is 1. The molecule has 3 nitrogen and oxygen atoms in total. The van der Waals surface area contributed by atoms with Gasteiger partial charge in [0.15, 0.2) is 0 Å². The summed E-state index contributed by atoms with van der Waals surface area (Å²) in [6.45, 7) is 0. The molecule has 0 saturated carbocycles. The van der Waals surface area contributed by atoms with Crippen molar-refractivity contribution in [1.29, 1.82) is 0 Å². The largest absolute Gasteiger partial charge is 0.301 e. The summed E-state index contributed by atoms with van der Waals surface area (Å²) in [5.74, 6) is 0. The fourth-order valence-corrected chi connectivity index (χ4v) is 9.53. The van der Waals surface area contributed by atoms with Gasteiger partial charge in [0.2, 0.25) is 10.0 Å². The molecule has 3 heterocycles. The van der Waals surface area contributed by atoms with E-state index in [0.29, 0.717) is 0 Å². The molecular formula is C44H32N3S2+. The Kier molecular flexibility index (Phi) is 7.63. The van der Waals surface area contributed by atoms with E-state index in [9.17, 15) is 0 Å². The van der Waals surface area contributed by atoms with Crippen molar-refractivity contribution in [2.75, 3.05) is 9.80 Å². The van der Waals surface area contributed by atoms with Gasteiger partial charge in [-0.15, -0.1) is 0 Å². The highest BCUT2D eigenvalue weighted by Gasteiger charge is 2.40. The van der Waals surface area contributed by atoms with Crippen molar-refractivity contribution in [3.05, 3.63) is 182 Å². The molecule has 2 aromatic heterocycles. The van der Waals surface area contributed by atoms with Gasteiger partial charge in [-0.05, 0) is 59.7 Å². The number of nitrogens with two attached hydrogens (primary N) is 1. The molecule has 0 aliphatic carbocycles. The van der Waals surface area contributed by atoms with Gasteiger partial charge in [0, 0.05) is 33.9 Å². The van der Waals surface area contributed by atoms with Crippen LogP contribution in [0.1, 0.15) is 0 Å². The second-order valence-corrected chi connectivity index (χ2v) is 14.0. The molecule has 5 heteroatoms. The number of hydrogen-bond acceptors (Lipinski definition) is 4. The molecular weight excluding hydrogens is 635 g/mol. The maximum Gasteiger partial charge on any atom is 0.201 e. The fourth-order valence-electron chi connectivity index (χ4n) is 6.83. The highest BCUT2D eigenvalue weighted by atomic mass is 32.1. The third kappa shape index (κ3) is 5.25. The Hall–Kier alpha value is -5.72. The number of quaternary nitrogens is 1. The summed E-state index contributed by atoms with van der Waals surface area (Å²) in [6, 6.07) is 64.9. The Balaban J connectivity index is 1.35. The van der Waals surface area contributed by atoms with Crippen LogP contribution in [0.4, 0.5) is 42.8 Å². The Morgan fingerprint density at radius 2 is 0.571 bits per heavy atom. The zero-order chi connectivity index (χ0) is 32.6. The average molecular weight is 667 g/mol. The van der Waals surface area contributed by atoms with Gasteiger partial charge in [0.1, 0.15) is 10.0 Å². The first-order valence-electron chi connectivity index (χ1n) is 16.4. The maximum absolute atomic E-state index is 2.43. The Labute approximate surface area is 294 Å². The minimum absolute atomic E-state index is 1.14. The average Bonchev–Trinajstić information content (AvgIpc) is 3.82. The molecule has 0 spiro atoms. The predicted molar refractivity (Wildman–Crippen MR) is 209 cm³/mol. The van der Waals surface area contributed by atoms with E-state index in [0.717, 1.165) is 22.7 Å². The standard InChI is InChI=1S/C44H31N3S2/c1-7-19-31(20-8-1)37-39-40-38(32-21-9-2-10-22-32)44(47(35-27-15-5-16-28-35)36-29-17-6-18-30-36)49-42(40)45-41(39)48-43(37)46(33-23-11-3-12-24-33)34-25-13-4-14-26-34/h1-30,45H/p+1. The normalized spacial score (nSPS) is 11.6. The molecule has 0 bridgehead atoms. The smallest absolute Gasteiger partial charge is 0.201 e. The molecule has 9 rings (SSSR count). The summed E-state index contributed by atoms with van der Waals surface area (Å²) in [5, 5.41) is 7.44. The van der Waals surface area contributed by atoms with Crippen LogP contribution in [0.3, 0.4) is 0 Å². The van der Waals surface area contributed by atoms with Crippen molar-refractivity contribution in [1.82, 2.24) is 0 Å². The van der Waals surface area contributed by atoms with Gasteiger partial charge in [-0.2, -0.15) is 0 Å². The number of benzene rings is 6. The van der Waals surface area contributed by atoms with Gasteiger partial charge in [0.05, 0.1) is 11.1 Å². The van der Waals surface area contributed by atoms with Gasteiger partial charge in [-0.3, -0.25) is 5.32 Å². The number of rotatable bonds is 8. The molecule has 0 unspecified atom stereocenters. The zero-order valence-electron chi connectivity index (χ0n) is 26.6. The van der Waals surface area contributed by atoms with Crippen LogP contribution in [0.15, 0.2) is 182 Å². The van der Waals surface area contributed by atoms with Crippen LogP contribution in [0.5, 0.6) is 0 Å². The number of fused-ring (bicyclic) bond motifs is 3. The van der Waals surface area contributed by atoms with E-state index >= 15 is 0 Å². The van der Waals surface area contributed by atoms with E-state index in [2.05, 4.69) is 197 Å². The summed E-state index contributed by atoms with van der Waals surface area (Å²) in [6.07, 6.45) is 0. The lowest BCUT2D eigenvalue weighted by atomic mass is 9.93. The van der Waals surface area contributed by atoms with Crippen LogP contribution in [-0.2, 0) is 0 Å². The van der Waals surface area contributed by atoms with Crippen LogP contribution in [0, 0.1) is 0 Å². The van der Waals surface area contributed by atoms with E-state index in [4.69, 9.17) is 0 Å². The fraction of sp³-hybridized carbons (Fsp3) is 0. The summed E-state index contributed by atoms with van der Waals surface area (Å²) in [5.41, 5.74) is 12.1. The molecule has 49 heavy (non-hydrogen) atoms. The molecule has 2 N–H and O–H groups in total. The molecule has 6 aromatic carbocycles. The van der Waals surface area contributed by atoms with E-state index in [1.165, 1.54) is 53.4 Å². The van der Waals surface area contributed by atoms with Crippen molar-refractivity contribution in [2.24, 2.45) is 0 Å². The molecule has 1 aliphatic heterocycles. The van der Waals surface area contributed by atoms with Crippen molar-refractivity contribution < 1.29 is 5.32 Å². The summed E-state index contributed by atoms with van der Waals surface area (Å²) in [7, 11) is 0. The van der Waals surface area contributed by atoms with Crippen molar-refractivity contribution in [3.63, 3.8) is 0 Å². The van der Waals surface area contributed by atoms with Crippen molar-refractivity contribution in [2.45, 2.75) is 0 Å². The van der Waals surface area contributed by atoms with Gasteiger partial charge in [0.25, 0.3) is 0 Å². The van der Waals surface area contributed by atoms with Crippen LogP contribution in [0.25, 0.3) is 33.4 Å². The van der Waals surface area contributed by atoms with Crippen molar-refractivity contribution >= 4 is 65.4 Å². The lowest BCUT2D eigenvalue weighted by molar-refractivity contribution is -0.464. The minimum atomic E-state index is 1.14. The lowest BCUT2D eigenvalue weighted by Gasteiger charge is -2.26. The topological polar surface area (TPSA) is 23.1 Å². The number of nitrogens with zero attached hydrogens (tertiary/aromatic N) is 2. The first-order valence-corrected chi connectivity index (χ1v) is 18.1. The van der Waals surface area contributed by atoms with E-state index in [1.54, 1.807) is 0 Å². The predicted octanol–water partition coefficient (Wildman–Crippen LogP) is 12.6. The van der Waals surface area contributed by atoms with E-state index in [1.807, 2.05) is 22.7 Å². The number of thiophene rings is 2. The first kappa shape index (κ1) is 29.4. The molecule has 8 aromatic rings. The van der Waals surface area contributed by atoms with Crippen LogP contribution in [0.2, 0.25) is 0 Å². The third-order valence-electron chi connectivity index (χ3n) is 8.93. The van der Waals surface area contributed by atoms with Crippen molar-refractivity contribution in [3.8, 4) is 33.4 Å². The summed E-state index contributed by atoms with van der Waals surface area (Å²) in [4.78, 5) is 4.85. The molecule has 234 valence electrons. The van der Waals surface area contributed by atoms with E-state index < -0.39 is 0 Å². The minimum Gasteiger partial charge on any atom is -0.301 e. The summed E-state index contributed by atoms with van der Waals surface area (Å²) >= 11 is 3.75. The van der Waals surface area contributed by atoms with Crippen LogP contribution in [-0.4, -0.2) is 0 Å². The summed E-state index contributed by atoms with van der Waals surface area (Å²) < 4.78 is 0. The Morgan fingerprint density at radius 1 is 0.306 bits per heavy atom. The Morgan fingerprint density at radius 3 is 0.857 bits per heavy atom. The van der Waals surface area contributed by atoms with Gasteiger partial charge in [-0.1, -0.05) is 156 Å². The second kappa shape index (κ2) is 12.7. The van der Waals surface area contributed by atoms with Gasteiger partial charge < -0.3 is 9.80 Å². The third-order valence-corrected chi connectivity index (χ3v) is 11.2. The molecule has 0 atom stereocenters.